The number of carbonyl (C=O) groups is 1. The summed E-state index contributed by atoms with van der Waals surface area (Å²) in [7, 11) is -0.705. The molecule has 2 heterocycles. The Morgan fingerprint density at radius 1 is 1.20 bits per heavy atom. The minimum atomic E-state index is -0.705. The van der Waals surface area contributed by atoms with E-state index in [9.17, 15) is 9.00 Å². The minimum absolute atomic E-state index is 0.651. The fraction of sp³-hybridized carbons (Fsp3) is 0.286. The average molecular weight is 306 g/mol. The number of nitrogens with zero attached hydrogens (tertiary/aromatic N) is 2. The second kappa shape index (κ2) is 5.85. The van der Waals surface area contributed by atoms with Gasteiger partial charge in [-0.25, -0.2) is 4.98 Å². The number of aldehydes is 1. The maximum Gasteiger partial charge on any atom is 0.186 e. The molecule has 0 saturated carbocycles. The Labute approximate surface area is 123 Å². The van der Waals surface area contributed by atoms with Gasteiger partial charge in [0.2, 0.25) is 0 Å². The standard InChI is InChI=1S/C14H14N2O2S2/c17-10-12-13(11-4-2-1-3-5-11)15-14(19-12)16-6-8-20(18)9-7-16/h1-5,10H,6-9H2. The first-order valence-corrected chi connectivity index (χ1v) is 8.70. The third-order valence-electron chi connectivity index (χ3n) is 3.24. The number of aromatic nitrogens is 1. The van der Waals surface area contributed by atoms with E-state index >= 15 is 0 Å². The number of thiazole rings is 1. The van der Waals surface area contributed by atoms with Gasteiger partial charge in [0.15, 0.2) is 11.4 Å². The molecule has 1 aromatic carbocycles. The first-order chi connectivity index (χ1) is 9.78. The molecule has 0 atom stereocenters. The molecule has 2 aromatic rings. The van der Waals surface area contributed by atoms with Gasteiger partial charge in [0.05, 0.1) is 10.6 Å². The zero-order chi connectivity index (χ0) is 13.9. The Morgan fingerprint density at radius 3 is 2.55 bits per heavy atom. The van der Waals surface area contributed by atoms with E-state index in [0.29, 0.717) is 16.4 Å². The van der Waals surface area contributed by atoms with Gasteiger partial charge in [-0.1, -0.05) is 41.7 Å². The SMILES string of the molecule is O=Cc1sc(N2CCS(=O)CC2)nc1-c1ccccc1. The van der Waals surface area contributed by atoms with Crippen LogP contribution in [-0.2, 0) is 10.8 Å². The van der Waals surface area contributed by atoms with Crippen molar-refractivity contribution in [1.82, 2.24) is 4.98 Å². The number of benzene rings is 1. The summed E-state index contributed by atoms with van der Waals surface area (Å²) in [5, 5.41) is 0.850. The maximum absolute atomic E-state index is 11.4. The van der Waals surface area contributed by atoms with Gasteiger partial charge in [-0.15, -0.1) is 0 Å². The molecule has 0 aliphatic carbocycles. The molecule has 104 valence electrons. The topological polar surface area (TPSA) is 50.3 Å². The van der Waals surface area contributed by atoms with Crippen molar-refractivity contribution in [2.24, 2.45) is 0 Å². The number of hydrogen-bond donors (Lipinski definition) is 0. The maximum atomic E-state index is 11.4. The van der Waals surface area contributed by atoms with Crippen LogP contribution in [0.15, 0.2) is 30.3 Å². The van der Waals surface area contributed by atoms with Crippen molar-refractivity contribution in [3.8, 4) is 11.3 Å². The van der Waals surface area contributed by atoms with Gasteiger partial charge in [-0.2, -0.15) is 0 Å². The molecule has 6 heteroatoms. The highest BCUT2D eigenvalue weighted by atomic mass is 32.2. The predicted molar refractivity (Wildman–Crippen MR) is 83.0 cm³/mol. The van der Waals surface area contributed by atoms with Crippen LogP contribution in [0.25, 0.3) is 11.3 Å². The van der Waals surface area contributed by atoms with E-state index in [1.54, 1.807) is 0 Å². The average Bonchev–Trinajstić information content (AvgIpc) is 2.93. The van der Waals surface area contributed by atoms with E-state index in [1.807, 2.05) is 30.3 Å². The molecule has 1 aromatic heterocycles. The summed E-state index contributed by atoms with van der Waals surface area (Å²) in [4.78, 5) is 18.6. The van der Waals surface area contributed by atoms with Crippen molar-refractivity contribution in [2.45, 2.75) is 0 Å². The summed E-state index contributed by atoms with van der Waals surface area (Å²) in [5.41, 5.74) is 1.70. The lowest BCUT2D eigenvalue weighted by Crippen LogP contribution is -2.37. The number of rotatable bonds is 3. The Kier molecular flexibility index (Phi) is 3.93. The van der Waals surface area contributed by atoms with Crippen molar-refractivity contribution in [3.05, 3.63) is 35.2 Å². The van der Waals surface area contributed by atoms with Crippen LogP contribution < -0.4 is 4.90 Å². The minimum Gasteiger partial charge on any atom is -0.346 e. The van der Waals surface area contributed by atoms with Gasteiger partial charge in [0.1, 0.15) is 0 Å². The summed E-state index contributed by atoms with van der Waals surface area (Å²) >= 11 is 1.41. The zero-order valence-corrected chi connectivity index (χ0v) is 12.5. The monoisotopic (exact) mass is 306 g/mol. The van der Waals surface area contributed by atoms with Crippen molar-refractivity contribution in [2.75, 3.05) is 29.5 Å². The van der Waals surface area contributed by atoms with Crippen LogP contribution in [0.4, 0.5) is 5.13 Å². The van der Waals surface area contributed by atoms with Crippen LogP contribution in [0.3, 0.4) is 0 Å². The Balaban J connectivity index is 1.93. The molecule has 3 rings (SSSR count). The summed E-state index contributed by atoms with van der Waals surface area (Å²) in [6.07, 6.45) is 0.867. The quantitative estimate of drug-likeness (QED) is 0.816. The van der Waals surface area contributed by atoms with Gasteiger partial charge in [-0.3, -0.25) is 9.00 Å². The molecule has 0 unspecified atom stereocenters. The van der Waals surface area contributed by atoms with Gasteiger partial charge in [0, 0.05) is 41.0 Å². The Morgan fingerprint density at radius 2 is 1.90 bits per heavy atom. The molecule has 4 nitrogen and oxygen atoms in total. The lowest BCUT2D eigenvalue weighted by Gasteiger charge is -2.25. The molecular formula is C14H14N2O2S2. The summed E-state index contributed by atoms with van der Waals surface area (Å²) in [6, 6.07) is 9.73. The molecule has 1 fully saturated rings. The second-order valence-corrected chi connectivity index (χ2v) is 7.23. The highest BCUT2D eigenvalue weighted by molar-refractivity contribution is 7.85. The third-order valence-corrected chi connectivity index (χ3v) is 5.56. The lowest BCUT2D eigenvalue weighted by atomic mass is 10.1. The Bertz CT molecular complexity index is 630. The molecule has 0 spiro atoms. The molecule has 1 aliphatic heterocycles. The zero-order valence-electron chi connectivity index (χ0n) is 10.8. The second-order valence-electron chi connectivity index (χ2n) is 4.53. The smallest absolute Gasteiger partial charge is 0.186 e. The lowest BCUT2D eigenvalue weighted by molar-refractivity contribution is 0.112. The van der Waals surface area contributed by atoms with E-state index in [4.69, 9.17) is 0 Å². The summed E-state index contributed by atoms with van der Waals surface area (Å²) < 4.78 is 11.4. The third kappa shape index (κ3) is 2.66. The van der Waals surface area contributed by atoms with Crippen molar-refractivity contribution in [3.63, 3.8) is 0 Å². The highest BCUT2D eigenvalue weighted by Crippen LogP contribution is 2.32. The van der Waals surface area contributed by atoms with E-state index in [2.05, 4.69) is 9.88 Å². The van der Waals surface area contributed by atoms with Gasteiger partial charge < -0.3 is 4.90 Å². The van der Waals surface area contributed by atoms with Gasteiger partial charge in [0.25, 0.3) is 0 Å². The first-order valence-electron chi connectivity index (χ1n) is 6.39. The normalized spacial score (nSPS) is 16.3. The van der Waals surface area contributed by atoms with Crippen LogP contribution in [0, 0.1) is 0 Å². The van der Waals surface area contributed by atoms with E-state index in [1.165, 1.54) is 11.3 Å². The largest absolute Gasteiger partial charge is 0.346 e. The fourth-order valence-electron chi connectivity index (χ4n) is 2.17. The molecular weight excluding hydrogens is 292 g/mol. The summed E-state index contributed by atoms with van der Waals surface area (Å²) in [5.74, 6) is 1.35. The van der Waals surface area contributed by atoms with Gasteiger partial charge >= 0.3 is 0 Å². The number of hydrogen-bond acceptors (Lipinski definition) is 5. The van der Waals surface area contributed by atoms with E-state index < -0.39 is 10.8 Å². The van der Waals surface area contributed by atoms with E-state index in [-0.39, 0.29) is 0 Å². The molecule has 1 saturated heterocycles. The molecule has 0 N–H and O–H groups in total. The molecule has 1 aliphatic rings. The molecule has 20 heavy (non-hydrogen) atoms. The number of carbonyl (C=O) groups excluding carboxylic acids is 1. The molecule has 0 radical (unpaired) electrons. The first kappa shape index (κ1) is 13.5. The van der Waals surface area contributed by atoms with Crippen LogP contribution in [-0.4, -0.2) is 40.1 Å². The fourth-order valence-corrected chi connectivity index (χ4v) is 4.17. The van der Waals surface area contributed by atoms with Crippen LogP contribution in [0.2, 0.25) is 0 Å². The van der Waals surface area contributed by atoms with E-state index in [0.717, 1.165) is 35.8 Å². The molecule has 0 amide bonds. The van der Waals surface area contributed by atoms with Crippen molar-refractivity contribution >= 4 is 33.6 Å². The number of anilines is 1. The molecule has 0 bridgehead atoms. The Hall–Kier alpha value is -1.53. The summed E-state index contributed by atoms with van der Waals surface area (Å²) in [6.45, 7) is 1.49. The van der Waals surface area contributed by atoms with Crippen LogP contribution in [0.1, 0.15) is 9.67 Å². The van der Waals surface area contributed by atoms with Gasteiger partial charge in [-0.05, 0) is 0 Å². The van der Waals surface area contributed by atoms with Crippen molar-refractivity contribution in [1.29, 1.82) is 0 Å². The predicted octanol–water partition coefficient (Wildman–Crippen LogP) is 2.19. The van der Waals surface area contributed by atoms with Crippen LogP contribution >= 0.6 is 11.3 Å². The van der Waals surface area contributed by atoms with Crippen LogP contribution in [0.5, 0.6) is 0 Å². The van der Waals surface area contributed by atoms with Crippen molar-refractivity contribution < 1.29 is 9.00 Å². The highest BCUT2D eigenvalue weighted by Gasteiger charge is 2.21.